The Morgan fingerprint density at radius 2 is 2.00 bits per heavy atom. The fourth-order valence-electron chi connectivity index (χ4n) is 0.847. The molecule has 0 unspecified atom stereocenters. The molecule has 0 aromatic heterocycles. The smallest absolute Gasteiger partial charge is 0.206 e. The second-order valence-electron chi connectivity index (χ2n) is 2.67. The Bertz CT molecular complexity index is 280. The second-order valence-corrected chi connectivity index (χ2v) is 3.11. The minimum atomic E-state index is 0.625. The zero-order chi connectivity index (χ0) is 13.5. The third-order valence-corrected chi connectivity index (χ3v) is 1.71. The molecule has 1 amide bonds. The van der Waals surface area contributed by atoms with E-state index in [9.17, 15) is 0 Å². The van der Waals surface area contributed by atoms with Crippen molar-refractivity contribution in [2.45, 2.75) is 27.4 Å². The highest BCUT2D eigenvalue weighted by atomic mass is 35.5. The van der Waals surface area contributed by atoms with Crippen molar-refractivity contribution in [2.24, 2.45) is 0 Å². The molecule has 1 aromatic rings. The monoisotopic (exact) mass is 259 g/mol. The summed E-state index contributed by atoms with van der Waals surface area (Å²) in [4.78, 5) is 9.06. The third kappa shape index (κ3) is 12.9. The van der Waals surface area contributed by atoms with E-state index in [1.165, 1.54) is 0 Å². The molecule has 0 aliphatic heterocycles. The number of ether oxygens (including phenoxy) is 1. The highest BCUT2D eigenvalue weighted by Gasteiger charge is 1.91. The number of hydrogen-bond acceptors (Lipinski definition) is 2. The van der Waals surface area contributed by atoms with Crippen molar-refractivity contribution in [3.8, 4) is 0 Å². The fourth-order valence-corrected chi connectivity index (χ4v) is 1.06. The number of rotatable bonds is 4. The number of carbonyl (C=O) groups is 1. The molecular weight excluding hydrogens is 238 g/mol. The van der Waals surface area contributed by atoms with Crippen LogP contribution in [0.25, 0.3) is 0 Å². The molecule has 0 heterocycles. The van der Waals surface area contributed by atoms with Gasteiger partial charge >= 0.3 is 0 Å². The van der Waals surface area contributed by atoms with E-state index < -0.39 is 0 Å². The third-order valence-electron chi connectivity index (χ3n) is 1.48. The van der Waals surface area contributed by atoms with Crippen molar-refractivity contribution in [1.82, 2.24) is 5.32 Å². The van der Waals surface area contributed by atoms with Crippen LogP contribution in [0, 0.1) is 0 Å². The van der Waals surface area contributed by atoms with Crippen molar-refractivity contribution >= 4 is 18.0 Å². The average Bonchev–Trinajstić information content (AvgIpc) is 2.39. The van der Waals surface area contributed by atoms with Gasteiger partial charge in [0.05, 0.1) is 6.61 Å². The molecule has 0 atom stereocenters. The van der Waals surface area contributed by atoms with Gasteiger partial charge in [0.15, 0.2) is 0 Å². The van der Waals surface area contributed by atoms with Gasteiger partial charge < -0.3 is 10.1 Å². The van der Waals surface area contributed by atoms with Crippen LogP contribution in [0.15, 0.2) is 24.3 Å². The van der Waals surface area contributed by atoms with E-state index in [-0.39, 0.29) is 0 Å². The maximum absolute atomic E-state index is 9.06. The van der Waals surface area contributed by atoms with Crippen molar-refractivity contribution in [2.75, 3.05) is 13.7 Å². The van der Waals surface area contributed by atoms with E-state index in [1.807, 2.05) is 45.0 Å². The largest absolute Gasteiger partial charge is 0.377 e. The number of carbonyl (C=O) groups excluding carboxylic acids is 1. The summed E-state index contributed by atoms with van der Waals surface area (Å²) in [6.07, 6.45) is 0.625. The van der Waals surface area contributed by atoms with Gasteiger partial charge in [-0.3, -0.25) is 4.79 Å². The molecule has 3 nitrogen and oxygen atoms in total. The van der Waals surface area contributed by atoms with Gasteiger partial charge in [0, 0.05) is 18.7 Å². The van der Waals surface area contributed by atoms with Crippen molar-refractivity contribution in [3.63, 3.8) is 0 Å². The summed E-state index contributed by atoms with van der Waals surface area (Å²) in [6, 6.07) is 7.70. The minimum absolute atomic E-state index is 0.625. The van der Waals surface area contributed by atoms with Crippen molar-refractivity contribution in [1.29, 1.82) is 0 Å². The molecule has 1 rings (SSSR count). The predicted molar refractivity (Wildman–Crippen MR) is 73.3 cm³/mol. The Kier molecular flexibility index (Phi) is 16.1. The number of nitrogens with one attached hydrogen (secondary N) is 1. The average molecular weight is 260 g/mol. The summed E-state index contributed by atoms with van der Waals surface area (Å²) >= 11 is 5.77. The summed E-state index contributed by atoms with van der Waals surface area (Å²) in [5, 5.41) is 3.02. The molecule has 0 saturated carbocycles. The van der Waals surface area contributed by atoms with Gasteiger partial charge in [-0.15, -0.1) is 0 Å². The van der Waals surface area contributed by atoms with Crippen LogP contribution in [0.4, 0.5) is 0 Å². The van der Waals surface area contributed by atoms with E-state index in [2.05, 4.69) is 5.32 Å². The fraction of sp³-hybridized carbons (Fsp3) is 0.462. The Labute approximate surface area is 109 Å². The highest BCUT2D eigenvalue weighted by Crippen LogP contribution is 2.10. The summed E-state index contributed by atoms with van der Waals surface area (Å²) in [5.41, 5.74) is 1.12. The van der Waals surface area contributed by atoms with Crippen LogP contribution in [0.1, 0.15) is 26.3 Å². The van der Waals surface area contributed by atoms with E-state index >= 15 is 0 Å². The first kappa shape index (κ1) is 18.3. The normalized spacial score (nSPS) is 8.06. The van der Waals surface area contributed by atoms with Crippen LogP contribution in [-0.4, -0.2) is 20.1 Å². The zero-order valence-electron chi connectivity index (χ0n) is 11.0. The number of benzene rings is 1. The number of amides is 1. The molecule has 0 spiro atoms. The summed E-state index contributed by atoms with van der Waals surface area (Å²) < 4.78 is 5.22. The van der Waals surface area contributed by atoms with Gasteiger partial charge in [0.1, 0.15) is 0 Å². The predicted octanol–water partition coefficient (Wildman–Crippen LogP) is 3.26. The zero-order valence-corrected chi connectivity index (χ0v) is 11.8. The van der Waals surface area contributed by atoms with Gasteiger partial charge in [0.25, 0.3) is 0 Å². The summed E-state index contributed by atoms with van der Waals surface area (Å²) in [5.74, 6) is 0. The lowest BCUT2D eigenvalue weighted by molar-refractivity contribution is -0.109. The molecule has 0 radical (unpaired) electrons. The van der Waals surface area contributed by atoms with Gasteiger partial charge in [-0.05, 0) is 24.6 Å². The Balaban J connectivity index is 0. The molecule has 98 valence electrons. The highest BCUT2D eigenvalue weighted by molar-refractivity contribution is 6.30. The molecule has 1 aromatic carbocycles. The Morgan fingerprint density at radius 3 is 2.41 bits per heavy atom. The lowest BCUT2D eigenvalue weighted by Crippen LogP contribution is -1.98. The minimum Gasteiger partial charge on any atom is -0.377 e. The molecule has 0 bridgehead atoms. The van der Waals surface area contributed by atoms with Gasteiger partial charge in [-0.25, -0.2) is 0 Å². The first-order valence-corrected chi connectivity index (χ1v) is 6.05. The quantitative estimate of drug-likeness (QED) is 0.843. The number of halogens is 1. The molecule has 0 saturated heterocycles. The summed E-state index contributed by atoms with van der Waals surface area (Å²) in [6.45, 7) is 7.37. The molecule has 0 fully saturated rings. The van der Waals surface area contributed by atoms with Gasteiger partial charge in [0.2, 0.25) is 6.41 Å². The SMILES string of the molecule is CC.CCOCc1cccc(Cl)c1.CNC=O. The van der Waals surface area contributed by atoms with E-state index in [4.69, 9.17) is 21.1 Å². The van der Waals surface area contributed by atoms with Crippen LogP contribution >= 0.6 is 11.6 Å². The Hall–Kier alpha value is -1.06. The van der Waals surface area contributed by atoms with Crippen LogP contribution in [-0.2, 0) is 16.1 Å². The maximum atomic E-state index is 9.06. The molecule has 1 N–H and O–H groups in total. The number of hydrogen-bond donors (Lipinski definition) is 1. The molecule has 17 heavy (non-hydrogen) atoms. The lowest BCUT2D eigenvalue weighted by Gasteiger charge is -2.00. The van der Waals surface area contributed by atoms with Crippen molar-refractivity contribution in [3.05, 3.63) is 34.9 Å². The topological polar surface area (TPSA) is 38.3 Å². The van der Waals surface area contributed by atoms with Crippen LogP contribution in [0.5, 0.6) is 0 Å². The van der Waals surface area contributed by atoms with E-state index in [0.717, 1.165) is 17.2 Å². The standard InChI is InChI=1S/C9H11ClO.C2H5NO.C2H6/c1-2-11-7-8-4-3-5-9(10)6-8;1-3-2-4;1-2/h3-6H,2,7H2,1H3;2H,1H3,(H,3,4);1-2H3. The lowest BCUT2D eigenvalue weighted by atomic mass is 10.2. The first-order chi connectivity index (χ1) is 8.24. The van der Waals surface area contributed by atoms with Gasteiger partial charge in [-0.2, -0.15) is 0 Å². The Morgan fingerprint density at radius 1 is 1.41 bits per heavy atom. The van der Waals surface area contributed by atoms with Crippen LogP contribution < -0.4 is 5.32 Å². The van der Waals surface area contributed by atoms with Crippen LogP contribution in [0.3, 0.4) is 0 Å². The molecule has 0 aliphatic carbocycles. The molecule has 4 heteroatoms. The summed E-state index contributed by atoms with van der Waals surface area (Å²) in [7, 11) is 1.56. The van der Waals surface area contributed by atoms with Crippen LogP contribution in [0.2, 0.25) is 5.02 Å². The van der Waals surface area contributed by atoms with E-state index in [0.29, 0.717) is 13.0 Å². The first-order valence-electron chi connectivity index (χ1n) is 5.67. The molecule has 0 aliphatic rings. The maximum Gasteiger partial charge on any atom is 0.206 e. The van der Waals surface area contributed by atoms with Crippen molar-refractivity contribution < 1.29 is 9.53 Å². The second kappa shape index (κ2) is 14.9. The van der Waals surface area contributed by atoms with E-state index in [1.54, 1.807) is 7.05 Å². The van der Waals surface area contributed by atoms with Gasteiger partial charge in [-0.1, -0.05) is 37.6 Å². The molecular formula is C13H22ClNO2.